The maximum atomic E-state index is 12.5. The number of amides is 1. The average Bonchev–Trinajstić information content (AvgIpc) is 3.12. The molecule has 16 nitrogen and oxygen atoms in total. The molecule has 0 aliphatic carbocycles. The highest BCUT2D eigenvalue weighted by Crippen LogP contribution is 2.39. The van der Waals surface area contributed by atoms with Crippen molar-refractivity contribution in [3.05, 3.63) is 60.7 Å². The number of nitrogens with one attached hydrogen (secondary N) is 1. The molecule has 3 aliphatic rings. The van der Waals surface area contributed by atoms with Crippen molar-refractivity contribution < 1.29 is 73.8 Å². The summed E-state index contributed by atoms with van der Waals surface area (Å²) < 4.78 is 37.2. The number of benzene rings is 2. The average molecular weight is 768 g/mol. The molecule has 0 aromatic heterocycles. The Morgan fingerprint density at radius 1 is 0.717 bits per heavy atom. The van der Waals surface area contributed by atoms with Crippen LogP contribution in [-0.4, -0.2) is 160 Å². The van der Waals surface area contributed by atoms with Crippen LogP contribution in [-0.2, 0) is 32.9 Å². The Balaban J connectivity index is 1.59. The van der Waals surface area contributed by atoms with Crippen LogP contribution in [0.3, 0.4) is 0 Å². The molecule has 3 heterocycles. The number of carbonyl (C=O) groups is 1. The summed E-state index contributed by atoms with van der Waals surface area (Å²) >= 11 is 0. The SMILES string of the molecule is CC(=O)N[C@@H]1[C@@H](O[C@@H]2O[C@@H](C)[C@H](O)[C@@H](O)[C@H]2O)[C@H](O[C@@H]2O[C@H](CO)[C@H](O)[C@H](O)[C@H]2O)[C@@H](CO[Si](c2ccccc2)(c2ccccc2)C(C)(C)C)O[C@H]1O. The fourth-order valence-electron chi connectivity index (χ4n) is 7.35. The molecule has 3 fully saturated rings. The lowest BCUT2D eigenvalue weighted by Gasteiger charge is -2.50. The molecule has 17 heteroatoms. The maximum absolute atomic E-state index is 12.5. The van der Waals surface area contributed by atoms with Crippen molar-refractivity contribution >= 4 is 24.6 Å². The standard InChI is InChI=1S/C36H53NO15Si/c1-18-25(40)27(42)29(44)34(48-18)52-32-24(37-19(2)39)33(46)49-23(31(32)51-35-30(45)28(43)26(41)22(16-38)50-35)17-47-53(36(3,4)5,20-12-8-6-9-13-20)21-14-10-7-11-15-21/h6-15,18,22-35,38,40-46H,16-17H2,1-5H3,(H,37,39)/t18-,22+,23+,24+,25-,26-,27+,28-,29+,30+,31+,32+,33+,34-,35-/m0/s1. The van der Waals surface area contributed by atoms with Gasteiger partial charge in [-0.3, -0.25) is 4.79 Å². The molecule has 3 aliphatic heterocycles. The second-order valence-electron chi connectivity index (χ2n) is 14.8. The second-order valence-corrected chi connectivity index (χ2v) is 19.2. The third-order valence-electron chi connectivity index (χ3n) is 10.2. The van der Waals surface area contributed by atoms with Gasteiger partial charge in [0.25, 0.3) is 8.32 Å². The summed E-state index contributed by atoms with van der Waals surface area (Å²) in [6.45, 7) is 7.76. The van der Waals surface area contributed by atoms with Crippen LogP contribution in [0.25, 0.3) is 0 Å². The zero-order chi connectivity index (χ0) is 38.8. The Kier molecular flexibility index (Phi) is 13.5. The van der Waals surface area contributed by atoms with Gasteiger partial charge in [0.2, 0.25) is 5.91 Å². The molecular weight excluding hydrogens is 714 g/mol. The van der Waals surface area contributed by atoms with Gasteiger partial charge < -0.3 is 74.3 Å². The molecule has 1 amide bonds. The molecule has 5 rings (SSSR count). The van der Waals surface area contributed by atoms with Crippen LogP contribution in [0, 0.1) is 0 Å². The molecule has 296 valence electrons. The highest BCUT2D eigenvalue weighted by atomic mass is 28.4. The summed E-state index contributed by atoms with van der Waals surface area (Å²) in [6.07, 6.45) is -22.2. The number of carbonyl (C=O) groups excluding carboxylic acids is 1. The zero-order valence-electron chi connectivity index (χ0n) is 30.3. The summed E-state index contributed by atoms with van der Waals surface area (Å²) in [5.74, 6) is -0.617. The topological polar surface area (TPSA) is 246 Å². The van der Waals surface area contributed by atoms with Crippen molar-refractivity contribution in [3.8, 4) is 0 Å². The van der Waals surface area contributed by atoms with Crippen LogP contribution in [0.2, 0.25) is 5.04 Å². The summed E-state index contributed by atoms with van der Waals surface area (Å²) in [4.78, 5) is 12.5. The first-order valence-electron chi connectivity index (χ1n) is 17.7. The Labute approximate surface area is 308 Å². The highest BCUT2D eigenvalue weighted by molar-refractivity contribution is 6.99. The summed E-state index contributed by atoms with van der Waals surface area (Å²) in [5, 5.41) is 89.2. The van der Waals surface area contributed by atoms with Crippen molar-refractivity contribution in [1.29, 1.82) is 0 Å². The molecule has 0 radical (unpaired) electrons. The Hall–Kier alpha value is -2.43. The molecule has 0 saturated carbocycles. The number of aliphatic hydroxyl groups excluding tert-OH is 8. The first-order chi connectivity index (χ1) is 25.0. The van der Waals surface area contributed by atoms with E-state index in [9.17, 15) is 45.6 Å². The van der Waals surface area contributed by atoms with Gasteiger partial charge in [-0.2, -0.15) is 0 Å². The molecule has 0 spiro atoms. The minimum absolute atomic E-state index is 0.287. The highest BCUT2D eigenvalue weighted by Gasteiger charge is 2.56. The van der Waals surface area contributed by atoms with Gasteiger partial charge in [-0.05, 0) is 22.3 Å². The molecule has 0 bridgehead atoms. The molecule has 2 aromatic rings. The van der Waals surface area contributed by atoms with Gasteiger partial charge in [0.1, 0.15) is 67.1 Å². The van der Waals surface area contributed by atoms with Crippen molar-refractivity contribution in [2.24, 2.45) is 0 Å². The summed E-state index contributed by atoms with van der Waals surface area (Å²) in [7, 11) is -3.27. The van der Waals surface area contributed by atoms with Gasteiger partial charge in [-0.25, -0.2) is 0 Å². The fourth-order valence-corrected chi connectivity index (χ4v) is 11.9. The quantitative estimate of drug-likeness (QED) is 0.105. The van der Waals surface area contributed by atoms with Crippen molar-refractivity contribution in [3.63, 3.8) is 0 Å². The van der Waals surface area contributed by atoms with E-state index in [1.54, 1.807) is 0 Å². The van der Waals surface area contributed by atoms with Gasteiger partial charge >= 0.3 is 0 Å². The number of aliphatic hydroxyl groups is 8. The predicted molar refractivity (Wildman–Crippen MR) is 188 cm³/mol. The van der Waals surface area contributed by atoms with Crippen LogP contribution in [0.15, 0.2) is 60.7 Å². The molecule has 53 heavy (non-hydrogen) atoms. The first-order valence-corrected chi connectivity index (χ1v) is 19.6. The van der Waals surface area contributed by atoms with Crippen molar-refractivity contribution in [2.75, 3.05) is 13.2 Å². The third-order valence-corrected chi connectivity index (χ3v) is 15.2. The molecule has 0 unspecified atom stereocenters. The number of ether oxygens (including phenoxy) is 5. The first kappa shape index (κ1) is 41.7. The molecular formula is C36H53NO15Si. The monoisotopic (exact) mass is 767 g/mol. The largest absolute Gasteiger partial charge is 0.405 e. The van der Waals surface area contributed by atoms with E-state index < -0.39 is 118 Å². The summed E-state index contributed by atoms with van der Waals surface area (Å²) in [6, 6.07) is 17.9. The lowest BCUT2D eigenvalue weighted by molar-refractivity contribution is -0.370. The van der Waals surface area contributed by atoms with Crippen LogP contribution in [0.4, 0.5) is 0 Å². The maximum Gasteiger partial charge on any atom is 0.261 e. The van der Waals surface area contributed by atoms with Crippen molar-refractivity contribution in [2.45, 2.75) is 132 Å². The van der Waals surface area contributed by atoms with E-state index in [0.29, 0.717) is 0 Å². The van der Waals surface area contributed by atoms with Crippen LogP contribution in [0.5, 0.6) is 0 Å². The zero-order valence-corrected chi connectivity index (χ0v) is 31.3. The fraction of sp³-hybridized carbons (Fsp3) is 0.639. The van der Waals surface area contributed by atoms with E-state index in [2.05, 4.69) is 26.1 Å². The van der Waals surface area contributed by atoms with Crippen molar-refractivity contribution in [1.82, 2.24) is 5.32 Å². The number of rotatable bonds is 11. The minimum atomic E-state index is -3.27. The Morgan fingerprint density at radius 2 is 1.23 bits per heavy atom. The predicted octanol–water partition coefficient (Wildman–Crippen LogP) is -2.82. The van der Waals surface area contributed by atoms with E-state index in [1.165, 1.54) is 13.8 Å². The number of hydrogen-bond donors (Lipinski definition) is 9. The van der Waals surface area contributed by atoms with Crippen LogP contribution in [0.1, 0.15) is 34.6 Å². The third kappa shape index (κ3) is 8.54. The number of hydrogen-bond acceptors (Lipinski definition) is 15. The molecule has 2 aromatic carbocycles. The van der Waals surface area contributed by atoms with Gasteiger partial charge in [0.15, 0.2) is 18.9 Å². The van der Waals surface area contributed by atoms with Crippen LogP contribution < -0.4 is 15.7 Å². The smallest absolute Gasteiger partial charge is 0.261 e. The van der Waals surface area contributed by atoms with Gasteiger partial charge in [0.05, 0.1) is 19.3 Å². The van der Waals surface area contributed by atoms with Gasteiger partial charge in [-0.1, -0.05) is 81.4 Å². The summed E-state index contributed by atoms with van der Waals surface area (Å²) in [5.41, 5.74) is 0. The Morgan fingerprint density at radius 3 is 1.74 bits per heavy atom. The van der Waals surface area contributed by atoms with E-state index in [4.69, 9.17) is 28.1 Å². The van der Waals surface area contributed by atoms with E-state index >= 15 is 0 Å². The molecule has 9 N–H and O–H groups in total. The molecule has 3 saturated heterocycles. The Bertz CT molecular complexity index is 1430. The van der Waals surface area contributed by atoms with Gasteiger partial charge in [0, 0.05) is 6.92 Å². The van der Waals surface area contributed by atoms with Gasteiger partial charge in [-0.15, -0.1) is 0 Å². The van der Waals surface area contributed by atoms with E-state index in [-0.39, 0.29) is 6.61 Å². The lowest BCUT2D eigenvalue weighted by Crippen LogP contribution is -2.71. The normalized spacial score (nSPS) is 38.3. The lowest BCUT2D eigenvalue weighted by atomic mass is 9.94. The second kappa shape index (κ2) is 17.1. The van der Waals surface area contributed by atoms with Crippen LogP contribution >= 0.6 is 0 Å². The molecule has 15 atom stereocenters. The minimum Gasteiger partial charge on any atom is -0.405 e. The van der Waals surface area contributed by atoms with E-state index in [0.717, 1.165) is 10.4 Å². The van der Waals surface area contributed by atoms with E-state index in [1.807, 2.05) is 60.7 Å².